The van der Waals surface area contributed by atoms with Gasteiger partial charge in [-0.2, -0.15) is 0 Å². The largest absolute Gasteiger partial charge is 0.354 e. The molecule has 3 rings (SSSR count). The van der Waals surface area contributed by atoms with E-state index in [1.807, 2.05) is 37.3 Å². The molecule has 1 heterocycles. The third-order valence-corrected chi connectivity index (χ3v) is 5.41. The number of hydrogen-bond donors (Lipinski definition) is 2. The maximum atomic E-state index is 12.0. The Bertz CT molecular complexity index is 908. The van der Waals surface area contributed by atoms with E-state index in [0.717, 1.165) is 5.56 Å². The van der Waals surface area contributed by atoms with Gasteiger partial charge in [0, 0.05) is 12.1 Å². The van der Waals surface area contributed by atoms with Gasteiger partial charge in [0.25, 0.3) is 10.0 Å². The zero-order valence-corrected chi connectivity index (χ0v) is 14.6. The van der Waals surface area contributed by atoms with E-state index in [4.69, 9.17) is 0 Å². The molecule has 1 aliphatic rings. The number of sulfonamides is 1. The van der Waals surface area contributed by atoms with Crippen LogP contribution in [0.25, 0.3) is 0 Å². The highest BCUT2D eigenvalue weighted by molar-refractivity contribution is 7.90. The summed E-state index contributed by atoms with van der Waals surface area (Å²) >= 11 is 0. The van der Waals surface area contributed by atoms with Gasteiger partial charge in [0.2, 0.25) is 5.91 Å². The van der Waals surface area contributed by atoms with Crippen molar-refractivity contribution in [2.24, 2.45) is 4.99 Å². The number of aliphatic imine (C=N–C) groups is 1. The van der Waals surface area contributed by atoms with Gasteiger partial charge in [-0.1, -0.05) is 49.4 Å². The molecular formula is C18H19N3O3S. The zero-order chi connectivity index (χ0) is 17.9. The van der Waals surface area contributed by atoms with Crippen LogP contribution in [0.3, 0.4) is 0 Å². The summed E-state index contributed by atoms with van der Waals surface area (Å²) in [5.41, 5.74) is 1.64. The molecule has 0 aliphatic carbocycles. The summed E-state index contributed by atoms with van der Waals surface area (Å²) in [5.74, 6) is 0.143. The predicted octanol–water partition coefficient (Wildman–Crippen LogP) is 1.64. The van der Waals surface area contributed by atoms with Crippen LogP contribution in [-0.2, 0) is 14.8 Å². The minimum atomic E-state index is -3.58. The van der Waals surface area contributed by atoms with Crippen molar-refractivity contribution >= 4 is 21.8 Å². The summed E-state index contributed by atoms with van der Waals surface area (Å²) in [6.45, 7) is 2.40. The van der Waals surface area contributed by atoms with Crippen LogP contribution in [-0.4, -0.2) is 33.3 Å². The van der Waals surface area contributed by atoms with Gasteiger partial charge in [-0.25, -0.2) is 8.42 Å². The summed E-state index contributed by atoms with van der Waals surface area (Å²) in [5, 5.41) is 2.83. The molecule has 0 unspecified atom stereocenters. The van der Waals surface area contributed by atoms with E-state index in [1.165, 1.54) is 6.07 Å². The average molecular weight is 357 g/mol. The number of hydrogen-bond acceptors (Lipinski definition) is 4. The number of amidine groups is 1. The van der Waals surface area contributed by atoms with E-state index in [0.29, 0.717) is 12.1 Å². The van der Waals surface area contributed by atoms with Crippen molar-refractivity contribution in [1.82, 2.24) is 10.0 Å². The minimum Gasteiger partial charge on any atom is -0.354 e. The first-order valence-corrected chi connectivity index (χ1v) is 9.44. The van der Waals surface area contributed by atoms with E-state index in [9.17, 15) is 13.2 Å². The summed E-state index contributed by atoms with van der Waals surface area (Å²) in [4.78, 5) is 16.3. The van der Waals surface area contributed by atoms with Gasteiger partial charge in [-0.05, 0) is 23.6 Å². The van der Waals surface area contributed by atoms with Gasteiger partial charge in [0.05, 0.1) is 4.90 Å². The lowest BCUT2D eigenvalue weighted by molar-refractivity contribution is -0.119. The molecule has 0 saturated heterocycles. The van der Waals surface area contributed by atoms with E-state index < -0.39 is 10.0 Å². The molecule has 0 fully saturated rings. The molecule has 0 radical (unpaired) electrons. The second-order valence-corrected chi connectivity index (χ2v) is 7.53. The van der Waals surface area contributed by atoms with Crippen molar-refractivity contribution in [3.63, 3.8) is 0 Å². The van der Waals surface area contributed by atoms with Crippen molar-refractivity contribution in [3.05, 3.63) is 65.7 Å². The number of carbonyl (C=O) groups is 1. The smallest absolute Gasteiger partial charge is 0.263 e. The third kappa shape index (κ3) is 3.88. The Morgan fingerprint density at radius 3 is 2.56 bits per heavy atom. The van der Waals surface area contributed by atoms with Crippen molar-refractivity contribution in [2.45, 2.75) is 17.7 Å². The fourth-order valence-electron chi connectivity index (χ4n) is 2.62. The number of benzene rings is 2. The van der Waals surface area contributed by atoms with Crippen LogP contribution in [0.4, 0.5) is 0 Å². The summed E-state index contributed by atoms with van der Waals surface area (Å²) in [6, 6.07) is 16.5. The number of amides is 1. The summed E-state index contributed by atoms with van der Waals surface area (Å²) in [7, 11) is -3.58. The summed E-state index contributed by atoms with van der Waals surface area (Å²) in [6.07, 6.45) is 0. The Balaban J connectivity index is 1.60. The highest BCUT2D eigenvalue weighted by Gasteiger charge is 2.30. The molecule has 0 aromatic heterocycles. The predicted molar refractivity (Wildman–Crippen MR) is 96.0 cm³/mol. The van der Waals surface area contributed by atoms with Crippen LogP contribution in [0.15, 0.2) is 64.5 Å². The van der Waals surface area contributed by atoms with Crippen LogP contribution in [0.2, 0.25) is 0 Å². The van der Waals surface area contributed by atoms with Crippen molar-refractivity contribution in [2.75, 3.05) is 13.1 Å². The van der Waals surface area contributed by atoms with Crippen molar-refractivity contribution in [3.8, 4) is 0 Å². The van der Waals surface area contributed by atoms with Crippen LogP contribution in [0, 0.1) is 0 Å². The molecule has 130 valence electrons. The molecule has 0 bridgehead atoms. The number of nitrogens with one attached hydrogen (secondary N) is 2. The molecular weight excluding hydrogens is 338 g/mol. The van der Waals surface area contributed by atoms with Crippen LogP contribution < -0.4 is 10.0 Å². The molecule has 6 nitrogen and oxygen atoms in total. The van der Waals surface area contributed by atoms with E-state index in [-0.39, 0.29) is 29.1 Å². The lowest BCUT2D eigenvalue weighted by Gasteiger charge is -2.12. The second-order valence-electron chi connectivity index (χ2n) is 5.88. The molecule has 2 aromatic rings. The first kappa shape index (κ1) is 17.2. The van der Waals surface area contributed by atoms with Gasteiger partial charge < -0.3 is 5.32 Å². The third-order valence-electron chi connectivity index (χ3n) is 4.02. The second kappa shape index (κ2) is 7.06. The number of rotatable bonds is 5. The Morgan fingerprint density at radius 1 is 1.12 bits per heavy atom. The normalized spacial score (nSPS) is 17.6. The van der Waals surface area contributed by atoms with Gasteiger partial charge in [0.1, 0.15) is 12.4 Å². The molecule has 1 atom stereocenters. The molecule has 2 N–H and O–H groups in total. The zero-order valence-electron chi connectivity index (χ0n) is 13.8. The topological polar surface area (TPSA) is 87.6 Å². The number of nitrogens with zero attached hydrogens (tertiary/aromatic N) is 1. The monoisotopic (exact) mass is 357 g/mol. The lowest BCUT2D eigenvalue weighted by Crippen LogP contribution is -2.30. The average Bonchev–Trinajstić information content (AvgIpc) is 2.89. The number of carbonyl (C=O) groups excluding carboxylic acids is 1. The highest BCUT2D eigenvalue weighted by atomic mass is 32.2. The maximum Gasteiger partial charge on any atom is 0.263 e. The van der Waals surface area contributed by atoms with Gasteiger partial charge in [-0.3, -0.25) is 14.5 Å². The quantitative estimate of drug-likeness (QED) is 0.853. The van der Waals surface area contributed by atoms with Crippen LogP contribution >= 0.6 is 0 Å². The van der Waals surface area contributed by atoms with Gasteiger partial charge in [0.15, 0.2) is 0 Å². The molecule has 1 amide bonds. The maximum absolute atomic E-state index is 12.0. The molecule has 7 heteroatoms. The first-order chi connectivity index (χ1) is 12.0. The fraction of sp³-hybridized carbons (Fsp3) is 0.222. The van der Waals surface area contributed by atoms with Crippen LogP contribution in [0.1, 0.15) is 24.0 Å². The Hall–Kier alpha value is -2.67. The Morgan fingerprint density at radius 2 is 1.80 bits per heavy atom. The molecule has 0 saturated carbocycles. The van der Waals surface area contributed by atoms with E-state index in [1.54, 1.807) is 18.2 Å². The number of fused-ring (bicyclic) bond motifs is 1. The molecule has 2 aromatic carbocycles. The molecule has 1 aliphatic heterocycles. The summed E-state index contributed by atoms with van der Waals surface area (Å²) < 4.78 is 26.4. The Labute approximate surface area is 147 Å². The Kier molecular flexibility index (Phi) is 4.85. The first-order valence-electron chi connectivity index (χ1n) is 7.95. The van der Waals surface area contributed by atoms with Gasteiger partial charge in [-0.15, -0.1) is 0 Å². The minimum absolute atomic E-state index is 0.131. The highest BCUT2D eigenvalue weighted by Crippen LogP contribution is 2.22. The molecule has 0 spiro atoms. The van der Waals surface area contributed by atoms with Crippen molar-refractivity contribution in [1.29, 1.82) is 0 Å². The SMILES string of the molecule is C[C@@H](CNC(=O)CN=C1NS(=O)(=O)c2ccccc21)c1ccccc1. The van der Waals surface area contributed by atoms with E-state index in [2.05, 4.69) is 15.0 Å². The molecule has 25 heavy (non-hydrogen) atoms. The van der Waals surface area contributed by atoms with E-state index >= 15 is 0 Å². The van der Waals surface area contributed by atoms with Crippen molar-refractivity contribution < 1.29 is 13.2 Å². The lowest BCUT2D eigenvalue weighted by atomic mass is 10.0. The fourth-order valence-corrected chi connectivity index (χ4v) is 3.88. The standard InChI is InChI=1S/C18H19N3O3S/c1-13(14-7-3-2-4-8-14)11-19-17(22)12-20-18-15-9-5-6-10-16(15)25(23,24)21-18/h2-10,13H,11-12H2,1H3,(H,19,22)(H,20,21)/t13-/m0/s1. The van der Waals surface area contributed by atoms with Crippen LogP contribution in [0.5, 0.6) is 0 Å². The van der Waals surface area contributed by atoms with Gasteiger partial charge >= 0.3 is 0 Å².